The van der Waals surface area contributed by atoms with E-state index in [2.05, 4.69) is 88.4 Å². The molecule has 0 amide bonds. The fourth-order valence-electron chi connectivity index (χ4n) is 7.50. The minimum Gasteiger partial charge on any atom is -0.454 e. The van der Waals surface area contributed by atoms with Crippen molar-refractivity contribution in [2.45, 2.75) is 71.1 Å². The van der Waals surface area contributed by atoms with Gasteiger partial charge in [0.2, 0.25) is 0 Å². The van der Waals surface area contributed by atoms with Crippen molar-refractivity contribution in [3.8, 4) is 0 Å². The summed E-state index contributed by atoms with van der Waals surface area (Å²) in [4.78, 5) is 24.5. The maximum Gasteiger partial charge on any atom is 0.303 e. The Labute approximate surface area is 197 Å². The number of Topliss-reactive ketones (excluding diaryl/α,β-unsaturated/α-hetero) is 1. The van der Waals surface area contributed by atoms with Gasteiger partial charge in [0, 0.05) is 24.2 Å². The van der Waals surface area contributed by atoms with Crippen molar-refractivity contribution in [1.82, 2.24) is 0 Å². The minimum absolute atomic E-state index is 0.0277. The van der Waals surface area contributed by atoms with E-state index in [-0.39, 0.29) is 39.6 Å². The number of ketones is 1. The highest BCUT2D eigenvalue weighted by molar-refractivity contribution is 6.99. The Hall–Kier alpha value is -2.24. The Kier molecular flexibility index (Phi) is 5.04. The van der Waals surface area contributed by atoms with Gasteiger partial charge in [-0.3, -0.25) is 9.59 Å². The molecule has 1 spiro atoms. The van der Waals surface area contributed by atoms with Crippen LogP contribution in [-0.4, -0.2) is 32.3 Å². The first-order valence-corrected chi connectivity index (χ1v) is 14.0. The molecule has 5 rings (SSSR count). The van der Waals surface area contributed by atoms with Gasteiger partial charge in [0.15, 0.2) is 11.9 Å². The molecule has 4 nitrogen and oxygen atoms in total. The summed E-state index contributed by atoms with van der Waals surface area (Å²) in [6.45, 7) is 10.6. The second-order valence-corrected chi connectivity index (χ2v) is 15.6. The van der Waals surface area contributed by atoms with Crippen LogP contribution in [0.25, 0.3) is 0 Å². The van der Waals surface area contributed by atoms with Crippen LogP contribution < -0.4 is 10.4 Å². The standard InChI is InChI=1S/C28H34O4Si/c1-19(29)31-25-22(30)18-23-27(5)24(16-17-28(23,25)27)32-33(26(2,3)4,20-12-8-6-9-13-20)21-14-10-7-11-15-21/h6-15,23-25H,16-18H2,1-5H3/t23-,24-,25+,27+,28?/m0/s1. The molecule has 33 heavy (non-hydrogen) atoms. The zero-order valence-corrected chi connectivity index (χ0v) is 21.3. The van der Waals surface area contributed by atoms with Gasteiger partial charge in [-0.2, -0.15) is 0 Å². The minimum atomic E-state index is -2.69. The lowest BCUT2D eigenvalue weighted by Crippen LogP contribution is -2.68. The van der Waals surface area contributed by atoms with Crippen molar-refractivity contribution in [3.63, 3.8) is 0 Å². The summed E-state index contributed by atoms with van der Waals surface area (Å²) in [6.07, 6.45) is 1.68. The Balaban J connectivity index is 1.59. The molecule has 2 aromatic carbocycles. The second-order valence-electron chi connectivity index (χ2n) is 11.3. The first kappa shape index (κ1) is 22.5. The molecule has 0 aliphatic heterocycles. The van der Waals surface area contributed by atoms with E-state index in [1.807, 2.05) is 0 Å². The molecule has 2 aromatic rings. The quantitative estimate of drug-likeness (QED) is 0.492. The number of rotatable bonds is 5. The summed E-state index contributed by atoms with van der Waals surface area (Å²) in [7, 11) is -2.69. The summed E-state index contributed by atoms with van der Waals surface area (Å²) in [5.74, 6) is -0.0495. The monoisotopic (exact) mass is 462 g/mol. The Morgan fingerprint density at radius 3 is 2.03 bits per heavy atom. The molecule has 1 unspecified atom stereocenters. The van der Waals surface area contributed by atoms with Crippen molar-refractivity contribution in [3.05, 3.63) is 60.7 Å². The van der Waals surface area contributed by atoms with Crippen LogP contribution in [0.2, 0.25) is 5.04 Å². The van der Waals surface area contributed by atoms with E-state index in [0.717, 1.165) is 12.8 Å². The molecule has 3 fully saturated rings. The number of hydrogen-bond acceptors (Lipinski definition) is 4. The van der Waals surface area contributed by atoms with Crippen LogP contribution >= 0.6 is 0 Å². The number of benzene rings is 2. The first-order valence-electron chi connectivity index (χ1n) is 12.1. The lowest BCUT2D eigenvalue weighted by Gasteiger charge is -2.46. The third kappa shape index (κ3) is 2.91. The van der Waals surface area contributed by atoms with Crippen molar-refractivity contribution >= 4 is 30.4 Å². The van der Waals surface area contributed by atoms with Crippen LogP contribution in [0.3, 0.4) is 0 Å². The molecule has 5 atom stereocenters. The molecular weight excluding hydrogens is 428 g/mol. The second kappa shape index (κ2) is 7.38. The lowest BCUT2D eigenvalue weighted by molar-refractivity contribution is -0.156. The van der Waals surface area contributed by atoms with E-state index in [9.17, 15) is 9.59 Å². The normalized spacial score (nSPS) is 32.9. The number of carbonyl (C=O) groups is 2. The van der Waals surface area contributed by atoms with E-state index in [4.69, 9.17) is 9.16 Å². The zero-order valence-electron chi connectivity index (χ0n) is 20.3. The van der Waals surface area contributed by atoms with Crippen LogP contribution in [-0.2, 0) is 18.8 Å². The van der Waals surface area contributed by atoms with Gasteiger partial charge in [-0.05, 0) is 34.2 Å². The summed E-state index contributed by atoms with van der Waals surface area (Å²) < 4.78 is 13.1. The number of hydrogen-bond donors (Lipinski definition) is 0. The smallest absolute Gasteiger partial charge is 0.303 e. The van der Waals surface area contributed by atoms with E-state index in [1.54, 1.807) is 0 Å². The summed E-state index contributed by atoms with van der Waals surface area (Å²) >= 11 is 0. The van der Waals surface area contributed by atoms with Crippen molar-refractivity contribution in [2.24, 2.45) is 16.7 Å². The molecule has 5 heteroatoms. The Morgan fingerprint density at radius 2 is 1.55 bits per heavy atom. The van der Waals surface area contributed by atoms with E-state index in [1.165, 1.54) is 17.3 Å². The fourth-order valence-corrected chi connectivity index (χ4v) is 12.3. The Bertz CT molecular complexity index is 1040. The average Bonchev–Trinajstić information content (AvgIpc) is 2.99. The van der Waals surface area contributed by atoms with Gasteiger partial charge in [-0.15, -0.1) is 0 Å². The van der Waals surface area contributed by atoms with Crippen molar-refractivity contribution in [1.29, 1.82) is 0 Å². The van der Waals surface area contributed by atoms with Crippen LogP contribution in [0.5, 0.6) is 0 Å². The lowest BCUT2D eigenvalue weighted by atomic mass is 9.89. The highest BCUT2D eigenvalue weighted by atomic mass is 28.4. The highest BCUT2D eigenvalue weighted by Gasteiger charge is 2.87. The van der Waals surface area contributed by atoms with E-state index < -0.39 is 14.4 Å². The number of carbonyl (C=O) groups excluding carboxylic acids is 2. The molecule has 0 saturated heterocycles. The van der Waals surface area contributed by atoms with Crippen LogP contribution in [0.1, 0.15) is 53.9 Å². The number of fused-ring (bicyclic) bond motifs is 1. The molecule has 0 bridgehead atoms. The molecule has 3 aliphatic carbocycles. The summed E-state index contributed by atoms with van der Waals surface area (Å²) in [5.41, 5.74) is -0.403. The first-order chi connectivity index (χ1) is 15.6. The molecule has 0 radical (unpaired) electrons. The van der Waals surface area contributed by atoms with Crippen LogP contribution in [0.4, 0.5) is 0 Å². The van der Waals surface area contributed by atoms with Gasteiger partial charge in [0.05, 0.1) is 6.10 Å². The highest BCUT2D eigenvalue weighted by Crippen LogP contribution is 2.84. The predicted molar refractivity (Wildman–Crippen MR) is 131 cm³/mol. The Morgan fingerprint density at radius 1 is 1.00 bits per heavy atom. The fraction of sp³-hybridized carbons (Fsp3) is 0.500. The van der Waals surface area contributed by atoms with Gasteiger partial charge in [0.25, 0.3) is 8.32 Å². The third-order valence-electron chi connectivity index (χ3n) is 8.94. The van der Waals surface area contributed by atoms with Crippen LogP contribution in [0.15, 0.2) is 60.7 Å². The number of esters is 1. The van der Waals surface area contributed by atoms with Crippen molar-refractivity contribution in [2.75, 3.05) is 0 Å². The molecule has 3 saturated carbocycles. The molecule has 0 N–H and O–H groups in total. The van der Waals surface area contributed by atoms with Gasteiger partial charge >= 0.3 is 5.97 Å². The SMILES string of the molecule is CC(=O)O[C@@H]1C(=O)C[C@@H]2C13CC[C@H](O[Si](c1ccccc1)(c1ccccc1)C(C)(C)C)[C@@]23C. The molecular formula is C28H34O4Si. The number of ether oxygens (including phenoxy) is 1. The molecule has 174 valence electrons. The third-order valence-corrected chi connectivity index (χ3v) is 14.0. The topological polar surface area (TPSA) is 52.6 Å². The largest absolute Gasteiger partial charge is 0.454 e. The molecule has 3 aliphatic rings. The zero-order chi connectivity index (χ0) is 23.6. The maximum atomic E-state index is 12.7. The maximum absolute atomic E-state index is 12.7. The summed E-state index contributed by atoms with van der Waals surface area (Å²) in [5, 5.41) is 2.44. The van der Waals surface area contributed by atoms with Crippen LogP contribution in [0, 0.1) is 16.7 Å². The van der Waals surface area contributed by atoms with Crippen molar-refractivity contribution < 1.29 is 18.8 Å². The van der Waals surface area contributed by atoms with Gasteiger partial charge < -0.3 is 9.16 Å². The average molecular weight is 463 g/mol. The van der Waals surface area contributed by atoms with Gasteiger partial charge in [-0.1, -0.05) is 88.4 Å². The van der Waals surface area contributed by atoms with E-state index >= 15 is 0 Å². The van der Waals surface area contributed by atoms with Gasteiger partial charge in [0.1, 0.15) is 0 Å². The van der Waals surface area contributed by atoms with Gasteiger partial charge in [-0.25, -0.2) is 0 Å². The van der Waals surface area contributed by atoms with E-state index in [0.29, 0.717) is 6.42 Å². The molecule has 0 heterocycles. The summed E-state index contributed by atoms with van der Waals surface area (Å²) in [6, 6.07) is 21.4. The predicted octanol–water partition coefficient (Wildman–Crippen LogP) is 4.25. The molecule has 0 aromatic heterocycles.